The first-order chi connectivity index (χ1) is 8.50. The summed E-state index contributed by atoms with van der Waals surface area (Å²) >= 11 is 0. The van der Waals surface area contributed by atoms with Gasteiger partial charge in [-0.2, -0.15) is 0 Å². The van der Waals surface area contributed by atoms with Crippen molar-refractivity contribution >= 4 is 23.8 Å². The van der Waals surface area contributed by atoms with E-state index in [0.29, 0.717) is 26.1 Å². The fourth-order valence-corrected chi connectivity index (χ4v) is 1.89. The number of imide groups is 2. The largest absolute Gasteiger partial charge is 0.355 e. The van der Waals surface area contributed by atoms with E-state index in [2.05, 4.69) is 5.32 Å². The van der Waals surface area contributed by atoms with Crippen molar-refractivity contribution in [3.05, 3.63) is 0 Å². The maximum absolute atomic E-state index is 11.7. The lowest BCUT2D eigenvalue weighted by Gasteiger charge is -2.23. The van der Waals surface area contributed by atoms with E-state index >= 15 is 0 Å². The van der Waals surface area contributed by atoms with E-state index in [1.807, 2.05) is 0 Å². The van der Waals surface area contributed by atoms with Gasteiger partial charge in [0.1, 0.15) is 0 Å². The molecule has 1 N–H and O–H groups in total. The summed E-state index contributed by atoms with van der Waals surface area (Å²) in [5.74, 6) is -1.68. The van der Waals surface area contributed by atoms with Crippen molar-refractivity contribution in [2.75, 3.05) is 33.4 Å². The maximum Gasteiger partial charge on any atom is 0.335 e. The number of hydrogen-bond acceptors (Lipinski definition) is 5. The highest BCUT2D eigenvalue weighted by Gasteiger charge is 2.42. The van der Waals surface area contributed by atoms with Crippen LogP contribution in [0.1, 0.15) is 6.42 Å². The maximum atomic E-state index is 11.7. The Kier molecular flexibility index (Phi) is 3.28. The minimum atomic E-state index is -0.816. The number of hydrogen-bond donors (Lipinski definition) is 1. The van der Waals surface area contributed by atoms with Crippen molar-refractivity contribution in [3.63, 3.8) is 0 Å². The van der Waals surface area contributed by atoms with Gasteiger partial charge in [0.2, 0.25) is 5.91 Å². The van der Waals surface area contributed by atoms with E-state index in [-0.39, 0.29) is 12.6 Å². The summed E-state index contributed by atoms with van der Waals surface area (Å²) in [7, 11) is 1.27. The van der Waals surface area contributed by atoms with Crippen LogP contribution in [0.2, 0.25) is 0 Å². The number of carbonyl (C=O) groups excluding carboxylic acids is 4. The Morgan fingerprint density at radius 2 is 1.83 bits per heavy atom. The molecule has 18 heavy (non-hydrogen) atoms. The van der Waals surface area contributed by atoms with E-state index < -0.39 is 17.8 Å². The van der Waals surface area contributed by atoms with Crippen molar-refractivity contribution < 1.29 is 19.2 Å². The fourth-order valence-electron chi connectivity index (χ4n) is 1.89. The third kappa shape index (κ3) is 2.19. The molecule has 0 radical (unpaired) electrons. The van der Waals surface area contributed by atoms with Crippen LogP contribution in [-0.2, 0) is 14.4 Å². The molecular weight excluding hydrogens is 240 g/mol. The van der Waals surface area contributed by atoms with Crippen LogP contribution in [-0.4, -0.2) is 71.8 Å². The van der Waals surface area contributed by atoms with E-state index in [9.17, 15) is 19.2 Å². The van der Waals surface area contributed by atoms with E-state index in [1.165, 1.54) is 7.05 Å². The predicted octanol–water partition coefficient (Wildman–Crippen LogP) is -1.81. The summed E-state index contributed by atoms with van der Waals surface area (Å²) in [5.41, 5.74) is 0. The van der Waals surface area contributed by atoms with Gasteiger partial charge in [-0.25, -0.2) is 9.69 Å². The molecule has 2 heterocycles. The number of nitrogens with one attached hydrogen (secondary N) is 1. The highest BCUT2D eigenvalue weighted by atomic mass is 16.2. The molecule has 2 rings (SSSR count). The summed E-state index contributed by atoms with van der Waals surface area (Å²) in [5, 5.41) is 2.69. The van der Waals surface area contributed by atoms with Gasteiger partial charge in [-0.05, 0) is 0 Å². The van der Waals surface area contributed by atoms with Gasteiger partial charge < -0.3 is 5.32 Å². The molecule has 0 bridgehead atoms. The Morgan fingerprint density at radius 3 is 2.44 bits per heavy atom. The van der Waals surface area contributed by atoms with E-state index in [0.717, 1.165) is 9.80 Å². The zero-order valence-corrected chi connectivity index (χ0v) is 10.0. The lowest BCUT2D eigenvalue weighted by atomic mass is 10.4. The molecule has 0 saturated carbocycles. The summed E-state index contributed by atoms with van der Waals surface area (Å²) in [6.07, 6.45) is 0.319. The molecule has 0 aromatic carbocycles. The minimum absolute atomic E-state index is 0.0444. The van der Waals surface area contributed by atoms with Gasteiger partial charge in [0.15, 0.2) is 0 Å². The molecule has 2 aliphatic rings. The number of rotatable bonds is 2. The Balaban J connectivity index is 2.01. The second-order valence-corrected chi connectivity index (χ2v) is 4.24. The predicted molar refractivity (Wildman–Crippen MR) is 59.1 cm³/mol. The van der Waals surface area contributed by atoms with E-state index in [4.69, 9.17) is 0 Å². The van der Waals surface area contributed by atoms with Crippen molar-refractivity contribution in [1.82, 2.24) is 20.0 Å². The van der Waals surface area contributed by atoms with Crippen molar-refractivity contribution in [2.45, 2.75) is 6.42 Å². The lowest BCUT2D eigenvalue weighted by Crippen LogP contribution is -2.43. The van der Waals surface area contributed by atoms with Gasteiger partial charge in [0.05, 0.1) is 6.67 Å². The zero-order valence-electron chi connectivity index (χ0n) is 10.0. The standard InChI is InChI=1S/C10H14N4O4/c1-12-8(16)9(17)14(10(12)18)6-13-4-2-7(15)11-3-5-13/h2-6H2,1H3,(H,11,15). The molecule has 2 fully saturated rings. The van der Waals surface area contributed by atoms with Gasteiger partial charge >= 0.3 is 17.8 Å². The molecule has 0 atom stereocenters. The summed E-state index contributed by atoms with van der Waals surface area (Å²) in [6, 6.07) is -0.617. The fraction of sp³-hybridized carbons (Fsp3) is 0.600. The normalized spacial score (nSPS) is 22.5. The van der Waals surface area contributed by atoms with Crippen LogP contribution >= 0.6 is 0 Å². The van der Waals surface area contributed by atoms with Crippen molar-refractivity contribution in [2.24, 2.45) is 0 Å². The quantitative estimate of drug-likeness (QED) is 0.463. The highest BCUT2D eigenvalue weighted by Crippen LogP contribution is 2.11. The first-order valence-electron chi connectivity index (χ1n) is 5.63. The average molecular weight is 254 g/mol. The monoisotopic (exact) mass is 254 g/mol. The lowest BCUT2D eigenvalue weighted by molar-refractivity contribution is -0.143. The Labute approximate surface area is 103 Å². The van der Waals surface area contributed by atoms with Crippen LogP contribution in [0.4, 0.5) is 4.79 Å². The minimum Gasteiger partial charge on any atom is -0.355 e. The first-order valence-corrected chi connectivity index (χ1v) is 5.63. The molecule has 0 spiro atoms. The number of carbonyl (C=O) groups is 4. The molecule has 8 heteroatoms. The zero-order chi connectivity index (χ0) is 13.3. The average Bonchev–Trinajstić information content (AvgIpc) is 2.55. The van der Waals surface area contributed by atoms with Crippen LogP contribution in [0.5, 0.6) is 0 Å². The molecule has 8 nitrogen and oxygen atoms in total. The Hall–Kier alpha value is -1.96. The summed E-state index contributed by atoms with van der Waals surface area (Å²) in [4.78, 5) is 49.2. The van der Waals surface area contributed by atoms with E-state index in [1.54, 1.807) is 4.90 Å². The molecule has 2 saturated heterocycles. The molecular formula is C10H14N4O4. The molecule has 98 valence electrons. The molecule has 0 aliphatic carbocycles. The molecule has 0 aromatic rings. The van der Waals surface area contributed by atoms with Gasteiger partial charge in [0.25, 0.3) is 0 Å². The number of nitrogens with zero attached hydrogens (tertiary/aromatic N) is 3. The molecule has 0 unspecified atom stereocenters. The van der Waals surface area contributed by atoms with Crippen LogP contribution in [0.15, 0.2) is 0 Å². The Morgan fingerprint density at radius 1 is 1.11 bits per heavy atom. The number of amides is 5. The third-order valence-corrected chi connectivity index (χ3v) is 3.00. The van der Waals surface area contributed by atoms with Crippen LogP contribution < -0.4 is 5.32 Å². The molecule has 0 aromatic heterocycles. The topological polar surface area (TPSA) is 90.0 Å². The SMILES string of the molecule is CN1C(=O)C(=O)N(CN2CCNC(=O)CC2)C1=O. The summed E-state index contributed by atoms with van der Waals surface area (Å²) < 4.78 is 0. The number of likely N-dealkylation sites (N-methyl/N-ethyl adjacent to an activating group) is 1. The van der Waals surface area contributed by atoms with Crippen LogP contribution in [0.3, 0.4) is 0 Å². The van der Waals surface area contributed by atoms with Crippen LogP contribution in [0, 0.1) is 0 Å². The molecule has 5 amide bonds. The van der Waals surface area contributed by atoms with Crippen molar-refractivity contribution in [1.29, 1.82) is 0 Å². The first kappa shape index (κ1) is 12.5. The molecule has 2 aliphatic heterocycles. The Bertz CT molecular complexity index is 422. The van der Waals surface area contributed by atoms with Gasteiger partial charge in [-0.3, -0.25) is 24.2 Å². The van der Waals surface area contributed by atoms with Gasteiger partial charge in [-0.1, -0.05) is 0 Å². The third-order valence-electron chi connectivity index (χ3n) is 3.00. The van der Waals surface area contributed by atoms with Crippen LogP contribution in [0.25, 0.3) is 0 Å². The van der Waals surface area contributed by atoms with Gasteiger partial charge in [-0.15, -0.1) is 0 Å². The highest BCUT2D eigenvalue weighted by molar-refractivity contribution is 6.44. The van der Waals surface area contributed by atoms with Gasteiger partial charge in [0, 0.05) is 33.1 Å². The number of urea groups is 1. The second-order valence-electron chi connectivity index (χ2n) is 4.24. The van der Waals surface area contributed by atoms with Crippen molar-refractivity contribution in [3.8, 4) is 0 Å². The smallest absolute Gasteiger partial charge is 0.335 e. The second kappa shape index (κ2) is 4.73. The summed E-state index contributed by atoms with van der Waals surface area (Å²) in [6.45, 7) is 1.52.